The van der Waals surface area contributed by atoms with Gasteiger partial charge in [-0.15, -0.1) is 0 Å². The standard InChI is InChI=1S/C36H49N5O10S/c1-6-22-19-36(22,33(44)40-52(46,47)51-24-11-12-24)39-30(42)28-18-26(49-31-27-14-13-25(48-5)17-21(27)15-16-37-31)20-41(28)32(43)29(35(2,3)4)38-34(45)50-23-9-7-8-10-23/h13-17,22-24,26,28-29H,6-12,18-20H2,1-5H3,(H,38,45)(H,39,42)(H,40,44)/t22?,26-,28+,29-,36-/m1/s1. The summed E-state index contributed by atoms with van der Waals surface area (Å²) < 4.78 is 49.5. The van der Waals surface area contributed by atoms with Crippen molar-refractivity contribution in [1.82, 2.24) is 25.2 Å². The predicted molar refractivity (Wildman–Crippen MR) is 188 cm³/mol. The number of likely N-dealkylation sites (tertiary alicyclic amines) is 1. The monoisotopic (exact) mass is 743 g/mol. The number of nitrogens with zero attached hydrogens (tertiary/aromatic N) is 2. The Labute approximate surface area is 304 Å². The Kier molecular flexibility index (Phi) is 10.6. The van der Waals surface area contributed by atoms with Crippen molar-refractivity contribution in [3.8, 4) is 11.6 Å². The maximum absolute atomic E-state index is 14.5. The largest absolute Gasteiger partial charge is 0.497 e. The molecular formula is C36H49N5O10S. The molecule has 52 heavy (non-hydrogen) atoms. The third-order valence-electron chi connectivity index (χ3n) is 10.4. The van der Waals surface area contributed by atoms with Crippen molar-refractivity contribution in [2.45, 2.75) is 121 Å². The minimum absolute atomic E-state index is 0.0307. The Morgan fingerprint density at radius 3 is 2.40 bits per heavy atom. The average Bonchev–Trinajstić information content (AvgIpc) is 3.92. The van der Waals surface area contributed by atoms with Crippen LogP contribution < -0.4 is 24.8 Å². The van der Waals surface area contributed by atoms with E-state index in [1.165, 1.54) is 4.90 Å². The molecule has 5 atom stereocenters. The number of amides is 4. The van der Waals surface area contributed by atoms with Gasteiger partial charge in [-0.3, -0.25) is 18.6 Å². The van der Waals surface area contributed by atoms with Crippen LogP contribution in [0.1, 0.15) is 85.5 Å². The van der Waals surface area contributed by atoms with E-state index in [1.54, 1.807) is 40.1 Å². The quantitative estimate of drug-likeness (QED) is 0.272. The van der Waals surface area contributed by atoms with Gasteiger partial charge in [0, 0.05) is 18.0 Å². The highest BCUT2D eigenvalue weighted by molar-refractivity contribution is 7.85. The second kappa shape index (κ2) is 14.7. The summed E-state index contributed by atoms with van der Waals surface area (Å²) in [5.41, 5.74) is -2.30. The Morgan fingerprint density at radius 2 is 1.77 bits per heavy atom. The van der Waals surface area contributed by atoms with Crippen LogP contribution in [0, 0.1) is 11.3 Å². The molecule has 0 spiro atoms. The van der Waals surface area contributed by atoms with Crippen LogP contribution in [0.15, 0.2) is 30.5 Å². The zero-order chi connectivity index (χ0) is 37.4. The fourth-order valence-electron chi connectivity index (χ4n) is 7.19. The van der Waals surface area contributed by atoms with Crippen LogP contribution in [0.25, 0.3) is 10.8 Å². The number of hydrogen-bond acceptors (Lipinski definition) is 11. The molecule has 3 saturated carbocycles. The van der Waals surface area contributed by atoms with E-state index < -0.39 is 69.4 Å². The lowest BCUT2D eigenvalue weighted by Crippen LogP contribution is -2.60. The molecule has 2 aromatic rings. The molecule has 3 N–H and O–H groups in total. The molecule has 6 rings (SSSR count). The zero-order valence-electron chi connectivity index (χ0n) is 30.3. The summed E-state index contributed by atoms with van der Waals surface area (Å²) in [4.78, 5) is 61.1. The second-order valence-corrected chi connectivity index (χ2v) is 16.7. The summed E-state index contributed by atoms with van der Waals surface area (Å²) in [5, 5.41) is 7.10. The molecule has 1 unspecified atom stereocenters. The number of hydrogen-bond donors (Lipinski definition) is 3. The molecule has 1 saturated heterocycles. The van der Waals surface area contributed by atoms with Gasteiger partial charge in [0.1, 0.15) is 35.6 Å². The molecule has 16 heteroatoms. The van der Waals surface area contributed by atoms with E-state index in [2.05, 4.69) is 15.6 Å². The molecule has 1 aromatic carbocycles. The Bertz CT molecular complexity index is 1810. The van der Waals surface area contributed by atoms with Crippen LogP contribution in [0.3, 0.4) is 0 Å². The number of ether oxygens (including phenoxy) is 3. The lowest BCUT2D eigenvalue weighted by molar-refractivity contribution is -0.143. The summed E-state index contributed by atoms with van der Waals surface area (Å²) in [6, 6.07) is 5.04. The van der Waals surface area contributed by atoms with Gasteiger partial charge in [0.25, 0.3) is 5.91 Å². The van der Waals surface area contributed by atoms with Gasteiger partial charge in [0.05, 0.1) is 19.8 Å². The topological polar surface area (TPSA) is 192 Å². The van der Waals surface area contributed by atoms with Gasteiger partial charge in [-0.05, 0) is 85.9 Å². The molecule has 4 aliphatic rings. The van der Waals surface area contributed by atoms with Crippen LogP contribution in [-0.2, 0) is 33.6 Å². The number of alkyl carbamates (subject to hydrolysis) is 1. The Morgan fingerprint density at radius 1 is 1.04 bits per heavy atom. The van der Waals surface area contributed by atoms with Crippen molar-refractivity contribution in [2.75, 3.05) is 13.7 Å². The molecule has 1 aliphatic heterocycles. The highest BCUT2D eigenvalue weighted by Gasteiger charge is 2.62. The van der Waals surface area contributed by atoms with Crippen LogP contribution >= 0.6 is 0 Å². The van der Waals surface area contributed by atoms with E-state index >= 15 is 0 Å². The van der Waals surface area contributed by atoms with Crippen molar-refractivity contribution >= 4 is 44.9 Å². The number of aromatic nitrogens is 1. The maximum atomic E-state index is 14.5. The predicted octanol–water partition coefficient (Wildman–Crippen LogP) is 3.50. The van der Waals surface area contributed by atoms with Crippen LogP contribution in [0.5, 0.6) is 11.6 Å². The highest BCUT2D eigenvalue weighted by atomic mass is 32.2. The van der Waals surface area contributed by atoms with E-state index in [9.17, 15) is 27.6 Å². The number of nitrogens with one attached hydrogen (secondary N) is 3. The van der Waals surface area contributed by atoms with Crippen molar-refractivity contribution in [2.24, 2.45) is 11.3 Å². The second-order valence-electron chi connectivity index (χ2n) is 15.4. The zero-order valence-corrected chi connectivity index (χ0v) is 31.1. The van der Waals surface area contributed by atoms with Gasteiger partial charge >= 0.3 is 16.4 Å². The summed E-state index contributed by atoms with van der Waals surface area (Å²) in [6.07, 6.45) is 4.81. The molecule has 4 fully saturated rings. The molecule has 0 bridgehead atoms. The fourth-order valence-corrected chi connectivity index (χ4v) is 8.20. The Balaban J connectivity index is 1.26. The number of benzene rings is 1. The van der Waals surface area contributed by atoms with Gasteiger partial charge < -0.3 is 29.7 Å². The minimum Gasteiger partial charge on any atom is -0.497 e. The Hall–Kier alpha value is -4.18. The van der Waals surface area contributed by atoms with Gasteiger partial charge in [-0.2, -0.15) is 8.42 Å². The minimum atomic E-state index is -4.39. The first-order chi connectivity index (χ1) is 24.6. The number of pyridine rings is 1. The van der Waals surface area contributed by atoms with Gasteiger partial charge in [-0.25, -0.2) is 14.5 Å². The molecule has 2 heterocycles. The molecule has 284 valence electrons. The highest BCUT2D eigenvalue weighted by Crippen LogP contribution is 2.47. The van der Waals surface area contributed by atoms with Gasteiger partial charge in [-0.1, -0.05) is 34.1 Å². The number of fused-ring (bicyclic) bond motifs is 1. The summed E-state index contributed by atoms with van der Waals surface area (Å²) in [7, 11) is -2.82. The van der Waals surface area contributed by atoms with Crippen LogP contribution in [0.2, 0.25) is 0 Å². The molecule has 4 amide bonds. The van der Waals surface area contributed by atoms with E-state index in [1.807, 2.05) is 29.8 Å². The molecule has 15 nitrogen and oxygen atoms in total. The normalized spacial score (nSPS) is 25.3. The number of carbonyl (C=O) groups excluding carboxylic acids is 4. The lowest BCUT2D eigenvalue weighted by atomic mass is 9.85. The first-order valence-electron chi connectivity index (χ1n) is 18.1. The van der Waals surface area contributed by atoms with Crippen molar-refractivity contribution in [3.63, 3.8) is 0 Å². The number of rotatable bonds is 13. The molecule has 3 aliphatic carbocycles. The van der Waals surface area contributed by atoms with Crippen LogP contribution in [0.4, 0.5) is 4.79 Å². The summed E-state index contributed by atoms with van der Waals surface area (Å²) >= 11 is 0. The summed E-state index contributed by atoms with van der Waals surface area (Å²) in [5.74, 6) is -1.45. The SMILES string of the molecule is CCC1C[C@]1(NC(=O)[C@@H]1C[C@@H](Oc2nccc3cc(OC)ccc23)CN1C(=O)[C@@H](NC(=O)OC1CCCC1)C(C)(C)C)C(=O)NS(=O)(=O)OC1CC1. The fraction of sp³-hybridized carbons (Fsp3) is 0.639. The van der Waals surface area contributed by atoms with Crippen LogP contribution in [-0.4, -0.2) is 91.7 Å². The van der Waals surface area contributed by atoms with E-state index in [4.69, 9.17) is 18.4 Å². The third-order valence-corrected chi connectivity index (χ3v) is 11.3. The first kappa shape index (κ1) is 37.6. The average molecular weight is 744 g/mol. The first-order valence-corrected chi connectivity index (χ1v) is 19.5. The number of carbonyl (C=O) groups is 4. The molecular weight excluding hydrogens is 694 g/mol. The maximum Gasteiger partial charge on any atom is 0.408 e. The van der Waals surface area contributed by atoms with E-state index in [-0.39, 0.29) is 31.4 Å². The summed E-state index contributed by atoms with van der Waals surface area (Å²) in [6.45, 7) is 7.22. The molecule has 0 radical (unpaired) electrons. The van der Waals surface area contributed by atoms with Crippen molar-refractivity contribution in [3.05, 3.63) is 30.5 Å². The van der Waals surface area contributed by atoms with Crippen molar-refractivity contribution < 1.29 is 46.0 Å². The van der Waals surface area contributed by atoms with Crippen molar-refractivity contribution in [1.29, 1.82) is 0 Å². The van der Waals surface area contributed by atoms with E-state index in [0.29, 0.717) is 36.3 Å². The molecule has 1 aromatic heterocycles. The van der Waals surface area contributed by atoms with Gasteiger partial charge in [0.2, 0.25) is 17.7 Å². The van der Waals surface area contributed by atoms with Gasteiger partial charge in [0.15, 0.2) is 0 Å². The third kappa shape index (κ3) is 8.38. The number of methoxy groups -OCH3 is 1. The smallest absolute Gasteiger partial charge is 0.408 e. The lowest BCUT2D eigenvalue weighted by Gasteiger charge is -2.35. The van der Waals surface area contributed by atoms with E-state index in [0.717, 1.165) is 31.1 Å².